The van der Waals surface area contributed by atoms with Gasteiger partial charge >= 0.3 is 12.1 Å². The van der Waals surface area contributed by atoms with Crippen LogP contribution >= 0.6 is 0 Å². The van der Waals surface area contributed by atoms with E-state index in [0.717, 1.165) is 23.3 Å². The SMILES string of the molecule is Cc1cc(CN(C)C(=O)c2ccc(C(F)(F)F)cc2)cc(Oc2ccc(OC(C)(C)C(=O)O)c(C)c2)c1. The highest BCUT2D eigenvalue weighted by molar-refractivity contribution is 5.94. The Balaban J connectivity index is 1.72. The highest BCUT2D eigenvalue weighted by Gasteiger charge is 2.31. The van der Waals surface area contributed by atoms with Crippen LogP contribution in [0.25, 0.3) is 0 Å². The van der Waals surface area contributed by atoms with Gasteiger partial charge in [0.25, 0.3) is 5.91 Å². The zero-order chi connectivity index (χ0) is 27.5. The molecule has 3 rings (SSSR count). The molecule has 6 nitrogen and oxygen atoms in total. The molecule has 0 spiro atoms. The molecule has 0 fully saturated rings. The number of ether oxygens (including phenoxy) is 2. The van der Waals surface area contributed by atoms with Crippen LogP contribution in [0.2, 0.25) is 0 Å². The van der Waals surface area contributed by atoms with E-state index in [2.05, 4.69) is 0 Å². The van der Waals surface area contributed by atoms with E-state index >= 15 is 0 Å². The summed E-state index contributed by atoms with van der Waals surface area (Å²) < 4.78 is 50.0. The van der Waals surface area contributed by atoms with Crippen LogP contribution in [-0.4, -0.2) is 34.5 Å². The van der Waals surface area contributed by atoms with E-state index in [-0.39, 0.29) is 12.1 Å². The number of carboxylic acid groups (broad SMARTS) is 1. The Bertz CT molecular complexity index is 1300. The van der Waals surface area contributed by atoms with E-state index < -0.39 is 29.2 Å². The summed E-state index contributed by atoms with van der Waals surface area (Å²) in [5.74, 6) is -0.0180. The van der Waals surface area contributed by atoms with Gasteiger partial charge in [-0.15, -0.1) is 0 Å². The van der Waals surface area contributed by atoms with E-state index in [1.165, 1.54) is 30.9 Å². The van der Waals surface area contributed by atoms with Gasteiger partial charge in [-0.3, -0.25) is 4.79 Å². The lowest BCUT2D eigenvalue weighted by Crippen LogP contribution is -2.38. The number of alkyl halides is 3. The molecule has 0 atom stereocenters. The molecular formula is C28H28F3NO5. The number of carbonyl (C=O) groups is 2. The molecule has 196 valence electrons. The van der Waals surface area contributed by atoms with Gasteiger partial charge in [-0.2, -0.15) is 13.2 Å². The van der Waals surface area contributed by atoms with Gasteiger partial charge in [-0.05, 0) is 99.0 Å². The van der Waals surface area contributed by atoms with Crippen LogP contribution in [0, 0.1) is 13.8 Å². The Morgan fingerprint density at radius 2 is 1.57 bits per heavy atom. The van der Waals surface area contributed by atoms with Gasteiger partial charge in [0.05, 0.1) is 5.56 Å². The number of hydrogen-bond donors (Lipinski definition) is 1. The molecule has 0 unspecified atom stereocenters. The van der Waals surface area contributed by atoms with Gasteiger partial charge in [0.2, 0.25) is 0 Å². The quantitative estimate of drug-likeness (QED) is 0.365. The maximum Gasteiger partial charge on any atom is 0.416 e. The van der Waals surface area contributed by atoms with Crippen molar-refractivity contribution in [1.82, 2.24) is 4.90 Å². The van der Waals surface area contributed by atoms with Crippen LogP contribution in [0.5, 0.6) is 17.2 Å². The van der Waals surface area contributed by atoms with Gasteiger partial charge in [0.1, 0.15) is 17.2 Å². The number of aryl methyl sites for hydroxylation is 2. The third-order valence-electron chi connectivity index (χ3n) is 5.60. The number of carbonyl (C=O) groups excluding carboxylic acids is 1. The fraction of sp³-hybridized carbons (Fsp3) is 0.286. The molecule has 0 heterocycles. The first-order chi connectivity index (χ1) is 17.2. The average molecular weight is 516 g/mol. The Morgan fingerprint density at radius 3 is 2.14 bits per heavy atom. The summed E-state index contributed by atoms with van der Waals surface area (Å²) in [6.45, 7) is 6.81. The van der Waals surface area contributed by atoms with E-state index in [4.69, 9.17) is 9.47 Å². The summed E-state index contributed by atoms with van der Waals surface area (Å²) in [6.07, 6.45) is -4.47. The highest BCUT2D eigenvalue weighted by atomic mass is 19.4. The van der Waals surface area contributed by atoms with E-state index in [1.54, 1.807) is 38.2 Å². The lowest BCUT2D eigenvalue weighted by molar-refractivity contribution is -0.152. The molecule has 0 aliphatic heterocycles. The minimum atomic E-state index is -4.47. The summed E-state index contributed by atoms with van der Waals surface area (Å²) >= 11 is 0. The Labute approximate surface area is 213 Å². The number of nitrogens with zero attached hydrogens (tertiary/aromatic N) is 1. The molecule has 0 aromatic heterocycles. The molecule has 37 heavy (non-hydrogen) atoms. The molecule has 0 bridgehead atoms. The maximum absolute atomic E-state index is 12.8. The number of halogens is 3. The van der Waals surface area contributed by atoms with E-state index in [0.29, 0.717) is 22.8 Å². The van der Waals surface area contributed by atoms with Crippen LogP contribution in [-0.2, 0) is 17.5 Å². The van der Waals surface area contributed by atoms with Crippen molar-refractivity contribution in [3.8, 4) is 17.2 Å². The molecule has 0 aliphatic carbocycles. The van der Waals surface area contributed by atoms with Gasteiger partial charge in [-0.1, -0.05) is 6.07 Å². The average Bonchev–Trinajstić information content (AvgIpc) is 2.79. The number of rotatable bonds is 8. The molecule has 0 aliphatic rings. The topological polar surface area (TPSA) is 76.1 Å². The first-order valence-electron chi connectivity index (χ1n) is 11.4. The minimum Gasteiger partial charge on any atom is -0.478 e. The summed E-state index contributed by atoms with van der Waals surface area (Å²) in [6, 6.07) is 14.6. The lowest BCUT2D eigenvalue weighted by Gasteiger charge is -2.23. The normalized spacial score (nSPS) is 11.7. The van der Waals surface area contributed by atoms with Crippen molar-refractivity contribution in [2.45, 2.75) is 46.0 Å². The monoisotopic (exact) mass is 515 g/mol. The predicted molar refractivity (Wildman–Crippen MR) is 132 cm³/mol. The van der Waals surface area contributed by atoms with Gasteiger partial charge < -0.3 is 19.5 Å². The number of amides is 1. The number of hydrogen-bond acceptors (Lipinski definition) is 4. The maximum atomic E-state index is 12.8. The van der Waals surface area contributed by atoms with Crippen molar-refractivity contribution in [2.75, 3.05) is 7.05 Å². The molecule has 1 amide bonds. The number of carboxylic acids is 1. The van der Waals surface area contributed by atoms with Crippen molar-refractivity contribution in [3.63, 3.8) is 0 Å². The fourth-order valence-electron chi connectivity index (χ4n) is 3.60. The second-order valence-electron chi connectivity index (χ2n) is 9.34. The molecule has 1 N–H and O–H groups in total. The molecule has 3 aromatic carbocycles. The first kappa shape index (κ1) is 27.6. The predicted octanol–water partition coefficient (Wildman–Crippen LogP) is 6.63. The van der Waals surface area contributed by atoms with Gasteiger partial charge in [0, 0.05) is 19.2 Å². The third-order valence-corrected chi connectivity index (χ3v) is 5.60. The lowest BCUT2D eigenvalue weighted by atomic mass is 10.1. The van der Waals surface area contributed by atoms with Crippen LogP contribution in [0.1, 0.15) is 46.5 Å². The summed E-state index contributed by atoms with van der Waals surface area (Å²) in [4.78, 5) is 25.5. The molecular weight excluding hydrogens is 487 g/mol. The second-order valence-corrected chi connectivity index (χ2v) is 9.34. The Kier molecular flexibility index (Phi) is 7.86. The summed E-state index contributed by atoms with van der Waals surface area (Å²) in [5, 5.41) is 9.28. The Hall–Kier alpha value is -4.01. The van der Waals surface area contributed by atoms with Crippen molar-refractivity contribution < 1.29 is 37.3 Å². The molecule has 0 saturated carbocycles. The van der Waals surface area contributed by atoms with Gasteiger partial charge in [-0.25, -0.2) is 4.79 Å². The van der Waals surface area contributed by atoms with E-state index in [9.17, 15) is 27.9 Å². The van der Waals surface area contributed by atoms with Crippen molar-refractivity contribution in [2.24, 2.45) is 0 Å². The smallest absolute Gasteiger partial charge is 0.416 e. The van der Waals surface area contributed by atoms with E-state index in [1.807, 2.05) is 19.1 Å². The Morgan fingerprint density at radius 1 is 0.919 bits per heavy atom. The number of benzene rings is 3. The molecule has 0 saturated heterocycles. The largest absolute Gasteiger partial charge is 0.478 e. The molecule has 9 heteroatoms. The van der Waals surface area contributed by atoms with Crippen LogP contribution in [0.3, 0.4) is 0 Å². The second kappa shape index (κ2) is 10.5. The van der Waals surface area contributed by atoms with Gasteiger partial charge in [0.15, 0.2) is 5.60 Å². The van der Waals surface area contributed by atoms with Crippen molar-refractivity contribution in [1.29, 1.82) is 0 Å². The van der Waals surface area contributed by atoms with Crippen molar-refractivity contribution >= 4 is 11.9 Å². The number of aliphatic carboxylic acids is 1. The summed E-state index contributed by atoms with van der Waals surface area (Å²) in [5.41, 5.74) is 0.320. The van der Waals surface area contributed by atoms with Crippen LogP contribution < -0.4 is 9.47 Å². The third kappa shape index (κ3) is 7.03. The first-order valence-corrected chi connectivity index (χ1v) is 11.4. The molecule has 0 radical (unpaired) electrons. The van der Waals surface area contributed by atoms with Crippen LogP contribution in [0.4, 0.5) is 13.2 Å². The highest BCUT2D eigenvalue weighted by Crippen LogP contribution is 2.31. The standard InChI is InChI=1S/C28H28F3NO5/c1-17-12-19(16-32(5)25(33)20-6-8-21(9-7-20)28(29,30)31)15-23(13-17)36-22-10-11-24(18(2)14-22)37-27(3,4)26(34)35/h6-15H,16H2,1-5H3,(H,34,35). The molecule has 3 aromatic rings. The zero-order valence-corrected chi connectivity index (χ0v) is 21.1. The fourth-order valence-corrected chi connectivity index (χ4v) is 3.60. The zero-order valence-electron chi connectivity index (χ0n) is 21.1. The van der Waals surface area contributed by atoms with Crippen molar-refractivity contribution in [3.05, 3.63) is 88.5 Å². The minimum absolute atomic E-state index is 0.156. The summed E-state index contributed by atoms with van der Waals surface area (Å²) in [7, 11) is 1.57. The van der Waals surface area contributed by atoms with Crippen LogP contribution in [0.15, 0.2) is 60.7 Å².